The molecule has 0 radical (unpaired) electrons. The third-order valence-electron chi connectivity index (χ3n) is 5.04. The van der Waals surface area contributed by atoms with Gasteiger partial charge >= 0.3 is 0 Å². The van der Waals surface area contributed by atoms with Crippen LogP contribution in [-0.2, 0) is 11.3 Å². The predicted molar refractivity (Wildman–Crippen MR) is 100 cm³/mol. The molecule has 2 aliphatic heterocycles. The molecular formula is C19H20ClN5O. The van der Waals surface area contributed by atoms with Crippen molar-refractivity contribution in [2.45, 2.75) is 18.6 Å². The summed E-state index contributed by atoms with van der Waals surface area (Å²) in [5, 5.41) is 4.27. The van der Waals surface area contributed by atoms with Gasteiger partial charge in [0.25, 0.3) is 0 Å². The first kappa shape index (κ1) is 16.2. The SMILES string of the molecule is Clc1ccc(-c2nc3ccccn3c2CN2CC3COCC(C2)N3)nc1. The molecule has 0 spiro atoms. The summed E-state index contributed by atoms with van der Waals surface area (Å²) in [6.45, 7) is 4.35. The number of hydrogen-bond donors (Lipinski definition) is 1. The summed E-state index contributed by atoms with van der Waals surface area (Å²) in [7, 11) is 0. The summed E-state index contributed by atoms with van der Waals surface area (Å²) in [4.78, 5) is 11.8. The van der Waals surface area contributed by atoms with E-state index in [4.69, 9.17) is 21.3 Å². The zero-order valence-corrected chi connectivity index (χ0v) is 15.1. The first-order valence-electron chi connectivity index (χ1n) is 8.90. The zero-order valence-electron chi connectivity index (χ0n) is 14.3. The van der Waals surface area contributed by atoms with Crippen LogP contribution in [0.25, 0.3) is 17.0 Å². The Balaban J connectivity index is 1.53. The Hall–Kier alpha value is -1.99. The molecule has 2 saturated heterocycles. The molecule has 2 fully saturated rings. The molecule has 26 heavy (non-hydrogen) atoms. The van der Waals surface area contributed by atoms with Gasteiger partial charge in [-0.05, 0) is 24.3 Å². The van der Waals surface area contributed by atoms with Gasteiger partial charge in [0, 0.05) is 44.1 Å². The van der Waals surface area contributed by atoms with E-state index in [-0.39, 0.29) is 0 Å². The van der Waals surface area contributed by atoms with Crippen molar-refractivity contribution < 1.29 is 4.74 Å². The molecule has 2 unspecified atom stereocenters. The summed E-state index contributed by atoms with van der Waals surface area (Å²) in [6, 6.07) is 10.7. The Labute approximate surface area is 156 Å². The maximum Gasteiger partial charge on any atom is 0.137 e. The first-order valence-corrected chi connectivity index (χ1v) is 9.28. The van der Waals surface area contributed by atoms with Crippen LogP contribution in [0.3, 0.4) is 0 Å². The van der Waals surface area contributed by atoms with Gasteiger partial charge in [0.2, 0.25) is 0 Å². The van der Waals surface area contributed by atoms with Crippen LogP contribution >= 0.6 is 11.6 Å². The van der Waals surface area contributed by atoms with E-state index in [9.17, 15) is 0 Å². The highest BCUT2D eigenvalue weighted by Gasteiger charge is 2.31. The number of morpholine rings is 1. The maximum absolute atomic E-state index is 6.01. The third-order valence-corrected chi connectivity index (χ3v) is 5.26. The Bertz CT molecular complexity index is 913. The predicted octanol–water partition coefficient (Wildman–Crippen LogP) is 2.22. The lowest BCUT2D eigenvalue weighted by Crippen LogP contribution is -2.62. The number of ether oxygens (including phenoxy) is 1. The average Bonchev–Trinajstić information content (AvgIpc) is 3.01. The molecule has 5 heterocycles. The van der Waals surface area contributed by atoms with Gasteiger partial charge in [-0.2, -0.15) is 0 Å². The van der Waals surface area contributed by atoms with E-state index in [2.05, 4.69) is 25.8 Å². The van der Waals surface area contributed by atoms with E-state index >= 15 is 0 Å². The van der Waals surface area contributed by atoms with Crippen LogP contribution < -0.4 is 5.32 Å². The molecule has 6 nitrogen and oxygen atoms in total. The second-order valence-electron chi connectivity index (χ2n) is 6.99. The summed E-state index contributed by atoms with van der Waals surface area (Å²) in [6.07, 6.45) is 3.75. The number of pyridine rings is 2. The topological polar surface area (TPSA) is 54.7 Å². The lowest BCUT2D eigenvalue weighted by molar-refractivity contribution is -0.00900. The van der Waals surface area contributed by atoms with E-state index in [1.54, 1.807) is 6.20 Å². The van der Waals surface area contributed by atoms with Crippen molar-refractivity contribution in [2.75, 3.05) is 26.3 Å². The molecule has 7 heteroatoms. The summed E-state index contributed by atoms with van der Waals surface area (Å²) >= 11 is 6.01. The molecule has 1 N–H and O–H groups in total. The number of imidazole rings is 1. The number of hydrogen-bond acceptors (Lipinski definition) is 5. The van der Waals surface area contributed by atoms with E-state index in [0.717, 1.165) is 55.6 Å². The molecule has 3 aromatic heterocycles. The molecule has 5 rings (SSSR count). The van der Waals surface area contributed by atoms with E-state index in [1.165, 1.54) is 0 Å². The first-order chi connectivity index (χ1) is 12.8. The Morgan fingerprint density at radius 2 is 2.00 bits per heavy atom. The van der Waals surface area contributed by atoms with Gasteiger partial charge in [-0.15, -0.1) is 0 Å². The third kappa shape index (κ3) is 2.99. The summed E-state index contributed by atoms with van der Waals surface area (Å²) in [5.74, 6) is 0. The largest absolute Gasteiger partial charge is 0.378 e. The highest BCUT2D eigenvalue weighted by Crippen LogP contribution is 2.26. The highest BCUT2D eigenvalue weighted by molar-refractivity contribution is 6.30. The minimum Gasteiger partial charge on any atom is -0.378 e. The van der Waals surface area contributed by atoms with Crippen LogP contribution in [0.4, 0.5) is 0 Å². The quantitative estimate of drug-likeness (QED) is 0.767. The van der Waals surface area contributed by atoms with Crippen molar-refractivity contribution in [1.29, 1.82) is 0 Å². The molecule has 0 amide bonds. The van der Waals surface area contributed by atoms with Crippen molar-refractivity contribution in [3.05, 3.63) is 53.4 Å². The molecular weight excluding hydrogens is 350 g/mol. The fourth-order valence-electron chi connectivity index (χ4n) is 3.95. The molecule has 0 saturated carbocycles. The highest BCUT2D eigenvalue weighted by atomic mass is 35.5. The van der Waals surface area contributed by atoms with Crippen LogP contribution in [0.15, 0.2) is 42.7 Å². The Kier molecular flexibility index (Phi) is 4.13. The number of halogens is 1. The fourth-order valence-corrected chi connectivity index (χ4v) is 4.06. The molecule has 2 atom stereocenters. The Morgan fingerprint density at radius 1 is 1.15 bits per heavy atom. The van der Waals surface area contributed by atoms with Gasteiger partial charge in [-0.25, -0.2) is 4.98 Å². The van der Waals surface area contributed by atoms with Crippen LogP contribution in [0.2, 0.25) is 5.02 Å². The van der Waals surface area contributed by atoms with Gasteiger partial charge in [0.05, 0.1) is 29.6 Å². The number of piperazine rings is 1. The number of nitrogens with one attached hydrogen (secondary N) is 1. The van der Waals surface area contributed by atoms with Crippen LogP contribution in [0.1, 0.15) is 5.69 Å². The van der Waals surface area contributed by atoms with Crippen LogP contribution in [-0.4, -0.2) is 57.7 Å². The number of rotatable bonds is 3. The zero-order chi connectivity index (χ0) is 17.5. The van der Waals surface area contributed by atoms with Crippen LogP contribution in [0, 0.1) is 0 Å². The second kappa shape index (κ2) is 6.63. The molecule has 3 aromatic rings. The van der Waals surface area contributed by atoms with Crippen molar-refractivity contribution in [2.24, 2.45) is 0 Å². The average molecular weight is 370 g/mol. The standard InChI is InChI=1S/C19H20ClN5O/c20-13-4-5-16(21-7-13)19-17(25-6-2-1-3-18(25)23-19)10-24-8-14-11-26-12-15(9-24)22-14/h1-7,14-15,22H,8-12H2. The van der Waals surface area contributed by atoms with E-state index in [0.29, 0.717) is 17.1 Å². The number of fused-ring (bicyclic) bond motifs is 3. The van der Waals surface area contributed by atoms with E-state index < -0.39 is 0 Å². The van der Waals surface area contributed by atoms with Gasteiger partial charge in [-0.3, -0.25) is 9.88 Å². The van der Waals surface area contributed by atoms with Crippen molar-refractivity contribution in [3.63, 3.8) is 0 Å². The minimum atomic E-state index is 0.402. The van der Waals surface area contributed by atoms with Gasteiger partial charge in [0.1, 0.15) is 11.3 Å². The van der Waals surface area contributed by atoms with Crippen molar-refractivity contribution >= 4 is 17.2 Å². The molecule has 0 aromatic carbocycles. The normalized spacial score (nSPS) is 23.4. The molecule has 0 aliphatic carbocycles. The van der Waals surface area contributed by atoms with Crippen LogP contribution in [0.5, 0.6) is 0 Å². The smallest absolute Gasteiger partial charge is 0.137 e. The second-order valence-corrected chi connectivity index (χ2v) is 7.43. The van der Waals surface area contributed by atoms with Crippen molar-refractivity contribution in [1.82, 2.24) is 24.6 Å². The molecule has 2 bridgehead atoms. The summed E-state index contributed by atoms with van der Waals surface area (Å²) in [5.41, 5.74) is 3.88. The van der Waals surface area contributed by atoms with Gasteiger partial charge < -0.3 is 14.5 Å². The minimum absolute atomic E-state index is 0.402. The number of nitrogens with zero attached hydrogens (tertiary/aromatic N) is 4. The Morgan fingerprint density at radius 3 is 2.77 bits per heavy atom. The van der Waals surface area contributed by atoms with Gasteiger partial charge in [-0.1, -0.05) is 17.7 Å². The van der Waals surface area contributed by atoms with E-state index in [1.807, 2.05) is 30.3 Å². The fraction of sp³-hybridized carbons (Fsp3) is 0.368. The summed E-state index contributed by atoms with van der Waals surface area (Å²) < 4.78 is 7.83. The number of aromatic nitrogens is 3. The lowest BCUT2D eigenvalue weighted by atomic mass is 10.1. The monoisotopic (exact) mass is 369 g/mol. The molecule has 2 aliphatic rings. The lowest BCUT2D eigenvalue weighted by Gasteiger charge is -2.42. The maximum atomic E-state index is 6.01. The molecule has 134 valence electrons. The van der Waals surface area contributed by atoms with Gasteiger partial charge in [0.15, 0.2) is 0 Å². The van der Waals surface area contributed by atoms with Crippen molar-refractivity contribution in [3.8, 4) is 11.4 Å².